The van der Waals surface area contributed by atoms with Crippen LogP contribution in [0.25, 0.3) is 11.4 Å². The smallest absolute Gasteiger partial charge is 0.333 e. The van der Waals surface area contributed by atoms with E-state index in [4.69, 9.17) is 22.1 Å². The van der Waals surface area contributed by atoms with E-state index < -0.39 is 6.55 Å². The quantitative estimate of drug-likeness (QED) is 0.454. The second kappa shape index (κ2) is 11.2. The number of hydrogen-bond donors (Lipinski definition) is 1. The Balaban J connectivity index is 1.51. The minimum absolute atomic E-state index is 0.0755. The number of nitrogen functional groups attached to an aromatic ring is 1. The second-order valence-corrected chi connectivity index (χ2v) is 9.17. The van der Waals surface area contributed by atoms with Gasteiger partial charge in [-0.1, -0.05) is 29.8 Å². The molecule has 2 aromatic heterocycles. The molecule has 3 aromatic rings. The number of para-hydroxylation sites is 1. The van der Waals surface area contributed by atoms with Gasteiger partial charge in [-0.2, -0.15) is 13.9 Å². The first-order valence-electron chi connectivity index (χ1n) is 11.6. The number of nitrogens with zero attached hydrogens (tertiary/aromatic N) is 6. The van der Waals surface area contributed by atoms with Crippen molar-refractivity contribution in [2.24, 2.45) is 0 Å². The molecular weight excluding hydrogens is 492 g/mol. The summed E-state index contributed by atoms with van der Waals surface area (Å²) in [6.45, 7) is 4.30. The Bertz CT molecular complexity index is 1190. The van der Waals surface area contributed by atoms with Gasteiger partial charge in [0.25, 0.3) is 5.91 Å². The highest BCUT2D eigenvalue weighted by atomic mass is 35.5. The van der Waals surface area contributed by atoms with Gasteiger partial charge in [-0.15, -0.1) is 0 Å². The summed E-state index contributed by atoms with van der Waals surface area (Å²) in [5.41, 5.74) is 7.31. The number of nitrogens with two attached hydrogens (primary N) is 1. The Morgan fingerprint density at radius 3 is 2.53 bits per heavy atom. The highest BCUT2D eigenvalue weighted by Gasteiger charge is 2.23. The molecule has 1 amide bonds. The fourth-order valence-corrected chi connectivity index (χ4v) is 4.34. The van der Waals surface area contributed by atoms with Crippen molar-refractivity contribution in [2.75, 3.05) is 38.5 Å². The number of carbonyl (C=O) groups is 1. The molecule has 3 heterocycles. The van der Waals surface area contributed by atoms with Crippen LogP contribution in [-0.2, 0) is 11.2 Å². The zero-order chi connectivity index (χ0) is 25.8. The van der Waals surface area contributed by atoms with Crippen molar-refractivity contribution < 1.29 is 18.3 Å². The second-order valence-electron chi connectivity index (χ2n) is 8.78. The molecule has 1 aliphatic heterocycles. The Morgan fingerprint density at radius 1 is 1.14 bits per heavy atom. The molecule has 1 fully saturated rings. The number of ether oxygens (including phenoxy) is 1. The van der Waals surface area contributed by atoms with Crippen LogP contribution >= 0.6 is 11.6 Å². The number of benzene rings is 1. The number of alkyl halides is 2. The van der Waals surface area contributed by atoms with Crippen molar-refractivity contribution in [3.63, 3.8) is 0 Å². The lowest BCUT2D eigenvalue weighted by Crippen LogP contribution is -2.51. The first-order valence-corrected chi connectivity index (χ1v) is 12.0. The Morgan fingerprint density at radius 2 is 1.86 bits per heavy atom. The average Bonchev–Trinajstić information content (AvgIpc) is 3.27. The van der Waals surface area contributed by atoms with Crippen LogP contribution in [0.5, 0.6) is 5.75 Å². The molecule has 2 N–H and O–H groups in total. The van der Waals surface area contributed by atoms with Gasteiger partial charge in [-0.25, -0.2) is 14.6 Å². The molecule has 0 bridgehead atoms. The van der Waals surface area contributed by atoms with E-state index in [2.05, 4.69) is 33.8 Å². The topological polar surface area (TPSA) is 102 Å². The summed E-state index contributed by atoms with van der Waals surface area (Å²) in [4.78, 5) is 24.8. The normalized spacial score (nSPS) is 14.6. The summed E-state index contributed by atoms with van der Waals surface area (Å²) in [7, 11) is 0. The zero-order valence-electron chi connectivity index (χ0n) is 20.1. The van der Waals surface area contributed by atoms with E-state index in [9.17, 15) is 13.6 Å². The van der Waals surface area contributed by atoms with E-state index in [1.54, 1.807) is 17.0 Å². The van der Waals surface area contributed by atoms with Crippen LogP contribution in [0.4, 0.5) is 14.7 Å². The summed E-state index contributed by atoms with van der Waals surface area (Å²) < 4.78 is 33.4. The van der Waals surface area contributed by atoms with Crippen LogP contribution in [0.2, 0.25) is 5.15 Å². The SMILES string of the molecule is CC(C)N1CCN(C(=O)COc2ccccc2Cc2cn(C(F)F)nc2-c2cc(Cl)nc(N)n2)CC1. The van der Waals surface area contributed by atoms with Gasteiger partial charge < -0.3 is 15.4 Å². The average molecular weight is 520 g/mol. The third-order valence-corrected chi connectivity index (χ3v) is 6.26. The highest BCUT2D eigenvalue weighted by Crippen LogP contribution is 2.29. The number of hydrogen-bond acceptors (Lipinski definition) is 7. The van der Waals surface area contributed by atoms with Gasteiger partial charge in [-0.3, -0.25) is 9.69 Å². The van der Waals surface area contributed by atoms with E-state index in [0.717, 1.165) is 13.1 Å². The molecule has 0 radical (unpaired) electrons. The molecule has 9 nitrogen and oxygen atoms in total. The summed E-state index contributed by atoms with van der Waals surface area (Å²) in [5.74, 6) is 0.305. The van der Waals surface area contributed by atoms with E-state index in [1.807, 2.05) is 12.1 Å². The molecule has 0 atom stereocenters. The first kappa shape index (κ1) is 25.8. The number of rotatable bonds is 8. The van der Waals surface area contributed by atoms with Gasteiger partial charge in [0.2, 0.25) is 5.95 Å². The molecule has 0 aliphatic carbocycles. The standard InChI is InChI=1S/C24H28ClF2N7O2/c1-15(2)32-7-9-33(10-8-32)21(35)14-36-19-6-4-3-5-16(19)11-17-13-34(23(26)27)31-22(17)18-12-20(25)30-24(28)29-18/h3-6,12-13,15,23H,7-11,14H2,1-2H3,(H2,28,29,30). The van der Waals surface area contributed by atoms with Crippen LogP contribution in [-0.4, -0.2) is 74.3 Å². The van der Waals surface area contributed by atoms with Crippen molar-refractivity contribution in [3.8, 4) is 17.1 Å². The van der Waals surface area contributed by atoms with Crippen LogP contribution in [0.15, 0.2) is 36.5 Å². The fraction of sp³-hybridized carbons (Fsp3) is 0.417. The molecule has 192 valence electrons. The highest BCUT2D eigenvalue weighted by molar-refractivity contribution is 6.29. The molecule has 12 heteroatoms. The monoisotopic (exact) mass is 519 g/mol. The Kier molecular flexibility index (Phi) is 8.00. The van der Waals surface area contributed by atoms with Crippen LogP contribution in [0.1, 0.15) is 31.5 Å². The number of carbonyl (C=O) groups excluding carboxylic acids is 1. The maximum atomic E-state index is 13.5. The van der Waals surface area contributed by atoms with E-state index >= 15 is 0 Å². The first-order chi connectivity index (χ1) is 17.2. The number of halogens is 3. The van der Waals surface area contributed by atoms with E-state index in [-0.39, 0.29) is 41.4 Å². The molecule has 0 unspecified atom stereocenters. The number of aromatic nitrogens is 4. The number of amides is 1. The molecule has 0 spiro atoms. The third-order valence-electron chi connectivity index (χ3n) is 6.06. The predicted octanol–water partition coefficient (Wildman–Crippen LogP) is 3.49. The van der Waals surface area contributed by atoms with Crippen molar-refractivity contribution in [2.45, 2.75) is 32.9 Å². The van der Waals surface area contributed by atoms with Crippen molar-refractivity contribution in [1.29, 1.82) is 0 Å². The van der Waals surface area contributed by atoms with E-state index in [0.29, 0.717) is 40.7 Å². The Hall–Kier alpha value is -3.31. The van der Waals surface area contributed by atoms with Crippen LogP contribution < -0.4 is 10.5 Å². The molecule has 1 aromatic carbocycles. The van der Waals surface area contributed by atoms with Crippen molar-refractivity contribution >= 4 is 23.5 Å². The summed E-state index contributed by atoms with van der Waals surface area (Å²) >= 11 is 5.99. The maximum absolute atomic E-state index is 13.5. The lowest BCUT2D eigenvalue weighted by molar-refractivity contribution is -0.135. The van der Waals surface area contributed by atoms with Gasteiger partial charge in [0.15, 0.2) is 6.61 Å². The van der Waals surface area contributed by atoms with Crippen LogP contribution in [0, 0.1) is 0 Å². The van der Waals surface area contributed by atoms with Crippen LogP contribution in [0.3, 0.4) is 0 Å². The Labute approximate surface area is 212 Å². The lowest BCUT2D eigenvalue weighted by Gasteiger charge is -2.36. The number of anilines is 1. The predicted molar refractivity (Wildman–Crippen MR) is 132 cm³/mol. The van der Waals surface area contributed by atoms with Gasteiger partial charge in [0.05, 0.1) is 5.69 Å². The van der Waals surface area contributed by atoms with Crippen molar-refractivity contribution in [3.05, 3.63) is 52.8 Å². The lowest BCUT2D eigenvalue weighted by atomic mass is 10.0. The van der Waals surface area contributed by atoms with Gasteiger partial charge >= 0.3 is 6.55 Å². The molecule has 4 rings (SSSR count). The number of piperazine rings is 1. The molecule has 1 saturated heterocycles. The molecular formula is C24H28ClF2N7O2. The molecule has 36 heavy (non-hydrogen) atoms. The zero-order valence-corrected chi connectivity index (χ0v) is 20.8. The fourth-order valence-electron chi connectivity index (χ4n) is 4.15. The summed E-state index contributed by atoms with van der Waals surface area (Å²) in [6.07, 6.45) is 1.46. The molecule has 0 saturated carbocycles. The summed E-state index contributed by atoms with van der Waals surface area (Å²) in [5, 5.41) is 4.07. The van der Waals surface area contributed by atoms with Gasteiger partial charge in [0.1, 0.15) is 16.6 Å². The van der Waals surface area contributed by atoms with E-state index in [1.165, 1.54) is 12.3 Å². The minimum Gasteiger partial charge on any atom is -0.483 e. The summed E-state index contributed by atoms with van der Waals surface area (Å²) in [6, 6.07) is 9.02. The third kappa shape index (κ3) is 6.08. The van der Waals surface area contributed by atoms with Gasteiger partial charge in [0, 0.05) is 56.5 Å². The molecule has 1 aliphatic rings. The maximum Gasteiger partial charge on any atom is 0.333 e. The minimum atomic E-state index is -2.84. The van der Waals surface area contributed by atoms with Crippen molar-refractivity contribution in [1.82, 2.24) is 29.5 Å². The van der Waals surface area contributed by atoms with Gasteiger partial charge in [-0.05, 0) is 25.5 Å². The largest absolute Gasteiger partial charge is 0.483 e.